The highest BCUT2D eigenvalue weighted by atomic mass is 32.2. The van der Waals surface area contributed by atoms with E-state index in [4.69, 9.17) is 4.74 Å². The van der Waals surface area contributed by atoms with Crippen molar-refractivity contribution in [2.24, 2.45) is 0 Å². The lowest BCUT2D eigenvalue weighted by molar-refractivity contribution is -0.137. The zero-order valence-corrected chi connectivity index (χ0v) is 15.5. The van der Waals surface area contributed by atoms with Gasteiger partial charge in [-0.05, 0) is 50.1 Å². The number of carbonyl (C=O) groups is 1. The van der Waals surface area contributed by atoms with E-state index in [1.165, 1.54) is 34.3 Å². The predicted molar refractivity (Wildman–Crippen MR) is 98.8 cm³/mol. The standard InChI is InChI=1S/C19H22FNO4S/c1-2-25-19(22)11-9-16-13-14-12-15(20)8-10-18(14)21(16)26(23,24)17-6-4-3-5-7-17/h8-13,17H,2-7H2,1H3/b11-9+. The topological polar surface area (TPSA) is 65.4 Å². The molecule has 0 spiro atoms. The zero-order valence-electron chi connectivity index (χ0n) is 14.7. The molecule has 0 atom stereocenters. The molecule has 26 heavy (non-hydrogen) atoms. The number of benzene rings is 1. The Hall–Kier alpha value is -2.15. The number of aromatic nitrogens is 1. The molecule has 3 rings (SSSR count). The number of carbonyl (C=O) groups excluding carboxylic acids is 1. The van der Waals surface area contributed by atoms with E-state index < -0.39 is 27.1 Å². The molecule has 1 saturated carbocycles. The van der Waals surface area contributed by atoms with Gasteiger partial charge in [-0.1, -0.05) is 19.3 Å². The molecule has 140 valence electrons. The Morgan fingerprint density at radius 3 is 2.69 bits per heavy atom. The Morgan fingerprint density at radius 2 is 2.00 bits per heavy atom. The smallest absolute Gasteiger partial charge is 0.330 e. The van der Waals surface area contributed by atoms with Gasteiger partial charge in [0.2, 0.25) is 10.0 Å². The lowest BCUT2D eigenvalue weighted by Crippen LogP contribution is -2.30. The van der Waals surface area contributed by atoms with E-state index >= 15 is 0 Å². The van der Waals surface area contributed by atoms with Gasteiger partial charge in [0.1, 0.15) is 5.82 Å². The number of hydrogen-bond donors (Lipinski definition) is 0. The van der Waals surface area contributed by atoms with Gasteiger partial charge in [-0.3, -0.25) is 0 Å². The van der Waals surface area contributed by atoms with Gasteiger partial charge in [-0.25, -0.2) is 21.6 Å². The number of rotatable bonds is 5. The number of halogens is 1. The van der Waals surface area contributed by atoms with Crippen molar-refractivity contribution in [1.82, 2.24) is 3.97 Å². The summed E-state index contributed by atoms with van der Waals surface area (Å²) in [5.74, 6) is -0.990. The molecule has 1 aliphatic rings. The van der Waals surface area contributed by atoms with Crippen LogP contribution in [0.25, 0.3) is 17.0 Å². The van der Waals surface area contributed by atoms with E-state index in [0.717, 1.165) is 19.3 Å². The van der Waals surface area contributed by atoms with Gasteiger partial charge in [-0.15, -0.1) is 0 Å². The monoisotopic (exact) mass is 379 g/mol. The maximum absolute atomic E-state index is 13.6. The Kier molecular flexibility index (Phi) is 5.46. The summed E-state index contributed by atoms with van der Waals surface area (Å²) in [5.41, 5.74) is 0.740. The van der Waals surface area contributed by atoms with E-state index in [-0.39, 0.29) is 6.61 Å². The minimum atomic E-state index is -3.66. The van der Waals surface area contributed by atoms with Crippen LogP contribution in [-0.2, 0) is 19.6 Å². The Labute approximate surface area is 152 Å². The molecule has 0 N–H and O–H groups in total. The van der Waals surface area contributed by atoms with Crippen LogP contribution < -0.4 is 0 Å². The summed E-state index contributed by atoms with van der Waals surface area (Å²) in [6.45, 7) is 1.93. The minimum absolute atomic E-state index is 0.234. The van der Waals surface area contributed by atoms with E-state index in [1.54, 1.807) is 13.0 Å². The van der Waals surface area contributed by atoms with Gasteiger partial charge < -0.3 is 4.74 Å². The highest BCUT2D eigenvalue weighted by Crippen LogP contribution is 2.30. The highest BCUT2D eigenvalue weighted by Gasteiger charge is 2.31. The Morgan fingerprint density at radius 1 is 1.27 bits per heavy atom. The fraction of sp³-hybridized carbons (Fsp3) is 0.421. The first-order chi connectivity index (χ1) is 12.4. The van der Waals surface area contributed by atoms with Gasteiger partial charge >= 0.3 is 5.97 Å². The van der Waals surface area contributed by atoms with Crippen LogP contribution in [-0.4, -0.2) is 30.2 Å². The molecular formula is C19H22FNO4S. The molecule has 7 heteroatoms. The van der Waals surface area contributed by atoms with Gasteiger partial charge in [0, 0.05) is 11.5 Å². The summed E-state index contributed by atoms with van der Waals surface area (Å²) in [4.78, 5) is 11.6. The summed E-state index contributed by atoms with van der Waals surface area (Å²) in [6, 6.07) is 5.58. The number of nitrogens with zero attached hydrogens (tertiary/aromatic N) is 1. The number of esters is 1. The van der Waals surface area contributed by atoms with Crippen molar-refractivity contribution in [3.8, 4) is 0 Å². The second kappa shape index (κ2) is 7.61. The molecule has 5 nitrogen and oxygen atoms in total. The molecule has 2 aromatic rings. The molecule has 1 heterocycles. The fourth-order valence-corrected chi connectivity index (χ4v) is 5.51. The van der Waals surface area contributed by atoms with Crippen molar-refractivity contribution < 1.29 is 22.3 Å². The molecule has 1 aromatic heterocycles. The van der Waals surface area contributed by atoms with Crippen LogP contribution in [0.4, 0.5) is 4.39 Å². The SMILES string of the molecule is CCOC(=O)/C=C/c1cc2cc(F)ccc2n1S(=O)(=O)C1CCCCC1. The normalized spacial score (nSPS) is 16.4. The quantitative estimate of drug-likeness (QED) is 0.584. The fourth-order valence-electron chi connectivity index (χ4n) is 3.44. The maximum atomic E-state index is 13.6. The van der Waals surface area contributed by atoms with Gasteiger partial charge in [0.25, 0.3) is 0 Å². The van der Waals surface area contributed by atoms with Gasteiger partial charge in [0.15, 0.2) is 0 Å². The number of hydrogen-bond acceptors (Lipinski definition) is 4. The van der Waals surface area contributed by atoms with Crippen LogP contribution >= 0.6 is 0 Å². The van der Waals surface area contributed by atoms with Crippen molar-refractivity contribution in [1.29, 1.82) is 0 Å². The third-order valence-electron chi connectivity index (χ3n) is 4.65. The van der Waals surface area contributed by atoms with Crippen LogP contribution in [0.1, 0.15) is 44.7 Å². The summed E-state index contributed by atoms with van der Waals surface area (Å²) in [6.07, 6.45) is 6.64. The predicted octanol–water partition coefficient (Wildman–Crippen LogP) is 3.87. The summed E-state index contributed by atoms with van der Waals surface area (Å²) < 4.78 is 46.2. The van der Waals surface area contributed by atoms with Crippen LogP contribution in [0.3, 0.4) is 0 Å². The summed E-state index contributed by atoms with van der Waals surface area (Å²) in [5, 5.41) is 0.0135. The van der Waals surface area contributed by atoms with Crippen molar-refractivity contribution >= 4 is 33.0 Å². The van der Waals surface area contributed by atoms with Crippen molar-refractivity contribution in [2.75, 3.05) is 6.61 Å². The van der Waals surface area contributed by atoms with Crippen molar-refractivity contribution in [3.63, 3.8) is 0 Å². The van der Waals surface area contributed by atoms with Crippen molar-refractivity contribution in [3.05, 3.63) is 41.9 Å². The van der Waals surface area contributed by atoms with Crippen LogP contribution in [0, 0.1) is 5.82 Å². The van der Waals surface area contributed by atoms with Gasteiger partial charge in [0.05, 0.1) is 23.1 Å². The molecule has 1 aliphatic carbocycles. The number of ether oxygens (including phenoxy) is 1. The first kappa shape index (κ1) is 18.6. The highest BCUT2D eigenvalue weighted by molar-refractivity contribution is 7.90. The zero-order chi connectivity index (χ0) is 18.7. The number of fused-ring (bicyclic) bond motifs is 1. The molecule has 0 unspecified atom stereocenters. The molecule has 1 fully saturated rings. The lowest BCUT2D eigenvalue weighted by Gasteiger charge is -2.23. The average Bonchev–Trinajstić information content (AvgIpc) is 2.99. The molecule has 0 saturated heterocycles. The first-order valence-electron chi connectivity index (χ1n) is 8.83. The van der Waals surface area contributed by atoms with E-state index in [1.807, 2.05) is 0 Å². The molecule has 0 aliphatic heterocycles. The second-order valence-corrected chi connectivity index (χ2v) is 8.49. The molecule has 0 amide bonds. The van der Waals surface area contributed by atoms with Crippen molar-refractivity contribution in [2.45, 2.75) is 44.3 Å². The largest absolute Gasteiger partial charge is 0.463 e. The van der Waals surface area contributed by atoms with Crippen LogP contribution in [0.2, 0.25) is 0 Å². The third kappa shape index (κ3) is 3.67. The van der Waals surface area contributed by atoms with Crippen LogP contribution in [0.5, 0.6) is 0 Å². The Bertz CT molecular complexity index is 940. The molecule has 1 aromatic carbocycles. The molecule has 0 bridgehead atoms. The second-order valence-electron chi connectivity index (χ2n) is 6.43. The Balaban J connectivity index is 2.11. The van der Waals surface area contributed by atoms with Gasteiger partial charge in [-0.2, -0.15) is 0 Å². The summed E-state index contributed by atoms with van der Waals surface area (Å²) >= 11 is 0. The van der Waals surface area contributed by atoms with Crippen LogP contribution in [0.15, 0.2) is 30.3 Å². The van der Waals surface area contributed by atoms with E-state index in [9.17, 15) is 17.6 Å². The van der Waals surface area contributed by atoms with E-state index in [0.29, 0.717) is 29.4 Å². The molecular weight excluding hydrogens is 357 g/mol. The van der Waals surface area contributed by atoms with E-state index in [2.05, 4.69) is 0 Å². The average molecular weight is 379 g/mol. The summed E-state index contributed by atoms with van der Waals surface area (Å²) in [7, 11) is -3.66. The molecule has 0 radical (unpaired) electrons. The maximum Gasteiger partial charge on any atom is 0.330 e. The lowest BCUT2D eigenvalue weighted by atomic mass is 10.0. The first-order valence-corrected chi connectivity index (χ1v) is 10.3. The third-order valence-corrected chi connectivity index (χ3v) is 6.88. The minimum Gasteiger partial charge on any atom is -0.463 e.